The molecule has 0 aliphatic heterocycles. The topological polar surface area (TPSA) is 77.6 Å². The SMILES string of the molecule is CCN(C)C(=O)COC(=O)c1cc(N)cn1C1CC1. The average Bonchev–Trinajstić information content (AvgIpc) is 3.17. The van der Waals surface area contributed by atoms with Crippen LogP contribution in [-0.4, -0.2) is 41.5 Å². The number of likely N-dealkylation sites (N-methyl/N-ethyl adjacent to an activating group) is 1. The summed E-state index contributed by atoms with van der Waals surface area (Å²) in [4.78, 5) is 25.0. The Morgan fingerprint density at radius 2 is 2.21 bits per heavy atom. The number of ether oxygens (including phenoxy) is 1. The van der Waals surface area contributed by atoms with Gasteiger partial charge in [0.05, 0.1) is 5.69 Å². The Balaban J connectivity index is 1.98. The van der Waals surface area contributed by atoms with E-state index in [-0.39, 0.29) is 12.5 Å². The summed E-state index contributed by atoms with van der Waals surface area (Å²) >= 11 is 0. The monoisotopic (exact) mass is 265 g/mol. The van der Waals surface area contributed by atoms with Gasteiger partial charge in [-0.2, -0.15) is 0 Å². The Kier molecular flexibility index (Phi) is 3.78. The molecule has 0 saturated heterocycles. The van der Waals surface area contributed by atoms with Gasteiger partial charge in [-0.25, -0.2) is 4.79 Å². The highest BCUT2D eigenvalue weighted by atomic mass is 16.5. The van der Waals surface area contributed by atoms with E-state index in [9.17, 15) is 9.59 Å². The van der Waals surface area contributed by atoms with Gasteiger partial charge in [0.2, 0.25) is 0 Å². The van der Waals surface area contributed by atoms with Crippen molar-refractivity contribution in [1.82, 2.24) is 9.47 Å². The molecular formula is C13H19N3O3. The van der Waals surface area contributed by atoms with Gasteiger partial charge in [0.15, 0.2) is 6.61 Å². The van der Waals surface area contributed by atoms with E-state index in [2.05, 4.69) is 0 Å². The highest BCUT2D eigenvalue weighted by Crippen LogP contribution is 2.37. The smallest absolute Gasteiger partial charge is 0.355 e. The highest BCUT2D eigenvalue weighted by Gasteiger charge is 2.28. The van der Waals surface area contributed by atoms with Gasteiger partial charge in [-0.15, -0.1) is 0 Å². The van der Waals surface area contributed by atoms with E-state index < -0.39 is 5.97 Å². The fourth-order valence-corrected chi connectivity index (χ4v) is 1.81. The molecule has 2 N–H and O–H groups in total. The molecule has 1 aliphatic rings. The number of amides is 1. The molecular weight excluding hydrogens is 246 g/mol. The minimum atomic E-state index is -0.499. The number of esters is 1. The van der Waals surface area contributed by atoms with Crippen molar-refractivity contribution >= 4 is 17.6 Å². The summed E-state index contributed by atoms with van der Waals surface area (Å²) in [6.07, 6.45) is 3.84. The third-order valence-corrected chi connectivity index (χ3v) is 3.25. The van der Waals surface area contributed by atoms with Crippen molar-refractivity contribution in [3.8, 4) is 0 Å². The largest absolute Gasteiger partial charge is 0.451 e. The molecule has 1 amide bonds. The second kappa shape index (κ2) is 5.34. The van der Waals surface area contributed by atoms with Crippen molar-refractivity contribution < 1.29 is 14.3 Å². The van der Waals surface area contributed by atoms with Crippen LogP contribution in [0.5, 0.6) is 0 Å². The number of rotatable bonds is 5. The summed E-state index contributed by atoms with van der Waals surface area (Å²) in [6.45, 7) is 2.21. The van der Waals surface area contributed by atoms with Crippen molar-refractivity contribution in [3.63, 3.8) is 0 Å². The number of nitrogens with zero attached hydrogens (tertiary/aromatic N) is 2. The van der Waals surface area contributed by atoms with Crippen LogP contribution in [0.3, 0.4) is 0 Å². The minimum Gasteiger partial charge on any atom is -0.451 e. The van der Waals surface area contributed by atoms with Crippen LogP contribution in [-0.2, 0) is 9.53 Å². The number of carbonyl (C=O) groups excluding carboxylic acids is 2. The molecule has 6 nitrogen and oxygen atoms in total. The molecule has 1 aliphatic carbocycles. The van der Waals surface area contributed by atoms with Gasteiger partial charge in [0.1, 0.15) is 5.69 Å². The van der Waals surface area contributed by atoms with E-state index in [0.717, 1.165) is 12.8 Å². The lowest BCUT2D eigenvalue weighted by atomic mass is 10.4. The van der Waals surface area contributed by atoms with Gasteiger partial charge in [0, 0.05) is 25.8 Å². The third-order valence-electron chi connectivity index (χ3n) is 3.25. The zero-order valence-electron chi connectivity index (χ0n) is 11.3. The molecule has 1 aromatic heterocycles. The third kappa shape index (κ3) is 3.07. The Labute approximate surface area is 112 Å². The fraction of sp³-hybridized carbons (Fsp3) is 0.538. The lowest BCUT2D eigenvalue weighted by molar-refractivity contribution is -0.133. The number of anilines is 1. The number of nitrogens with two attached hydrogens (primary N) is 1. The van der Waals surface area contributed by atoms with Crippen LogP contribution in [0.1, 0.15) is 36.3 Å². The lowest BCUT2D eigenvalue weighted by Gasteiger charge is -2.14. The molecule has 104 valence electrons. The first-order chi connectivity index (χ1) is 9.02. The fourth-order valence-electron chi connectivity index (χ4n) is 1.81. The molecule has 0 bridgehead atoms. The predicted octanol–water partition coefficient (Wildman–Crippen LogP) is 1.04. The minimum absolute atomic E-state index is 0.214. The van der Waals surface area contributed by atoms with Gasteiger partial charge in [-0.3, -0.25) is 4.79 Å². The first-order valence-electron chi connectivity index (χ1n) is 6.41. The van der Waals surface area contributed by atoms with E-state index >= 15 is 0 Å². The molecule has 0 atom stereocenters. The van der Waals surface area contributed by atoms with Crippen LogP contribution in [0.2, 0.25) is 0 Å². The van der Waals surface area contributed by atoms with Crippen molar-refractivity contribution in [2.45, 2.75) is 25.8 Å². The molecule has 0 radical (unpaired) electrons. The summed E-state index contributed by atoms with van der Waals surface area (Å²) in [5, 5.41) is 0. The molecule has 1 saturated carbocycles. The Hall–Kier alpha value is -1.98. The van der Waals surface area contributed by atoms with Crippen LogP contribution in [0.15, 0.2) is 12.3 Å². The van der Waals surface area contributed by atoms with E-state index in [1.807, 2.05) is 11.5 Å². The summed E-state index contributed by atoms with van der Waals surface area (Å²) in [7, 11) is 1.67. The molecule has 1 heterocycles. The number of carbonyl (C=O) groups is 2. The molecule has 19 heavy (non-hydrogen) atoms. The predicted molar refractivity (Wildman–Crippen MR) is 70.7 cm³/mol. The normalized spacial score (nSPS) is 14.2. The Bertz CT molecular complexity index is 491. The molecule has 1 aromatic rings. The quantitative estimate of drug-likeness (QED) is 0.807. The standard InChI is InChI=1S/C13H19N3O3/c1-3-15(2)12(17)8-19-13(18)11-6-9(14)7-16(11)10-4-5-10/h6-7,10H,3-5,8,14H2,1-2H3. The molecule has 0 unspecified atom stereocenters. The second-order valence-corrected chi connectivity index (χ2v) is 4.78. The van der Waals surface area contributed by atoms with Gasteiger partial charge in [0.25, 0.3) is 5.91 Å². The maximum Gasteiger partial charge on any atom is 0.355 e. The van der Waals surface area contributed by atoms with E-state index in [1.54, 1.807) is 19.3 Å². The molecule has 6 heteroatoms. The summed E-state index contributed by atoms with van der Waals surface area (Å²) in [6, 6.07) is 1.93. The Morgan fingerprint density at radius 1 is 1.53 bits per heavy atom. The zero-order valence-corrected chi connectivity index (χ0v) is 11.3. The zero-order chi connectivity index (χ0) is 14.0. The first-order valence-corrected chi connectivity index (χ1v) is 6.41. The molecule has 1 fully saturated rings. The van der Waals surface area contributed by atoms with Crippen molar-refractivity contribution in [3.05, 3.63) is 18.0 Å². The highest BCUT2D eigenvalue weighted by molar-refractivity contribution is 5.91. The number of hydrogen-bond donors (Lipinski definition) is 1. The van der Waals surface area contributed by atoms with Crippen molar-refractivity contribution in [2.75, 3.05) is 25.9 Å². The first kappa shape index (κ1) is 13.5. The van der Waals surface area contributed by atoms with Gasteiger partial charge in [-0.05, 0) is 25.8 Å². The van der Waals surface area contributed by atoms with E-state index in [1.165, 1.54) is 4.90 Å². The van der Waals surface area contributed by atoms with Gasteiger partial charge in [-0.1, -0.05) is 0 Å². The van der Waals surface area contributed by atoms with Crippen LogP contribution in [0.25, 0.3) is 0 Å². The Morgan fingerprint density at radius 3 is 2.79 bits per heavy atom. The van der Waals surface area contributed by atoms with E-state index in [0.29, 0.717) is 24.0 Å². The molecule has 2 rings (SSSR count). The van der Waals surface area contributed by atoms with E-state index in [4.69, 9.17) is 10.5 Å². The van der Waals surface area contributed by atoms with Crippen molar-refractivity contribution in [2.24, 2.45) is 0 Å². The maximum atomic E-state index is 12.0. The van der Waals surface area contributed by atoms with Crippen LogP contribution < -0.4 is 5.73 Å². The molecule has 0 spiro atoms. The van der Waals surface area contributed by atoms with Crippen LogP contribution in [0, 0.1) is 0 Å². The lowest BCUT2D eigenvalue weighted by Crippen LogP contribution is -2.31. The van der Waals surface area contributed by atoms with Gasteiger partial charge >= 0.3 is 5.97 Å². The summed E-state index contributed by atoms with van der Waals surface area (Å²) in [5.74, 6) is -0.713. The molecule has 0 aromatic carbocycles. The van der Waals surface area contributed by atoms with Crippen LogP contribution in [0.4, 0.5) is 5.69 Å². The average molecular weight is 265 g/mol. The van der Waals surface area contributed by atoms with Crippen LogP contribution >= 0.6 is 0 Å². The number of aromatic nitrogens is 1. The maximum absolute atomic E-state index is 12.0. The number of hydrogen-bond acceptors (Lipinski definition) is 4. The number of nitrogen functional groups attached to an aromatic ring is 1. The summed E-state index contributed by atoms with van der Waals surface area (Å²) in [5.41, 5.74) is 6.67. The summed E-state index contributed by atoms with van der Waals surface area (Å²) < 4.78 is 6.88. The van der Waals surface area contributed by atoms with Gasteiger partial charge < -0.3 is 19.9 Å². The van der Waals surface area contributed by atoms with Crippen molar-refractivity contribution in [1.29, 1.82) is 0 Å². The second-order valence-electron chi connectivity index (χ2n) is 4.78.